The number of aliphatic imine (C=N–C) groups is 1. The molecule has 0 radical (unpaired) electrons. The summed E-state index contributed by atoms with van der Waals surface area (Å²) in [5, 5.41) is 7.69. The van der Waals surface area contributed by atoms with Crippen LogP contribution in [0.5, 0.6) is 0 Å². The van der Waals surface area contributed by atoms with E-state index >= 15 is 0 Å². The molecule has 0 bridgehead atoms. The standard InChI is InChI=1S/C65H46N2S2/c1-65(2)56-20-12-19-50(63(56)55-38-43-15-6-7-16-44(43)39-57(55)65)41-26-23-40(24-27-41)25-30-58(67-64(66)42-13-4-3-5-14-42)49-34-47(45-28-31-61-53(36-45)51-17-8-10-21-59(51)68-61)33-48(35-49)46-29-32-62-54(37-46)52-18-9-11-22-60(52)69-62/h3-39,58H,1-2H3,(H2,66,67)/b30-25+. The fourth-order valence-corrected chi connectivity index (χ4v) is 12.9. The van der Waals surface area contributed by atoms with Gasteiger partial charge in [0.1, 0.15) is 5.84 Å². The van der Waals surface area contributed by atoms with Gasteiger partial charge in [-0.1, -0.05) is 172 Å². The second-order valence-electron chi connectivity index (χ2n) is 18.9. The largest absolute Gasteiger partial charge is 0.383 e. The molecule has 0 saturated carbocycles. The van der Waals surface area contributed by atoms with Crippen molar-refractivity contribution in [2.75, 3.05) is 0 Å². The summed E-state index contributed by atoms with van der Waals surface area (Å²) in [7, 11) is 0. The van der Waals surface area contributed by atoms with Gasteiger partial charge in [0, 0.05) is 51.3 Å². The molecule has 1 aliphatic carbocycles. The SMILES string of the molecule is CC1(C)c2cc3ccccc3cc2-c2c(-c3ccc(/C=C/C(N=C(N)c4ccccc4)c4cc(-c5ccc6sc7ccccc7c6c5)cc(-c5ccc6sc7ccccc7c6c5)c4)cc3)cccc21. The number of benzene rings is 10. The Kier molecular flexibility index (Phi) is 9.83. The number of hydrogen-bond acceptors (Lipinski definition) is 3. The van der Waals surface area contributed by atoms with Crippen molar-refractivity contribution < 1.29 is 0 Å². The molecule has 328 valence electrons. The molecule has 13 rings (SSSR count). The molecular formula is C65H46N2S2. The summed E-state index contributed by atoms with van der Waals surface area (Å²) in [4.78, 5) is 5.34. The van der Waals surface area contributed by atoms with Crippen LogP contribution in [0.4, 0.5) is 0 Å². The first kappa shape index (κ1) is 41.3. The molecule has 10 aromatic carbocycles. The van der Waals surface area contributed by atoms with E-state index in [0.717, 1.165) is 27.8 Å². The van der Waals surface area contributed by atoms with Gasteiger partial charge in [0.25, 0.3) is 0 Å². The second-order valence-corrected chi connectivity index (χ2v) is 21.0. The number of thiophene rings is 2. The molecule has 1 unspecified atom stereocenters. The van der Waals surface area contributed by atoms with Gasteiger partial charge in [-0.25, -0.2) is 0 Å². The van der Waals surface area contributed by atoms with Gasteiger partial charge >= 0.3 is 0 Å². The summed E-state index contributed by atoms with van der Waals surface area (Å²) in [6, 6.07) is 77.3. The van der Waals surface area contributed by atoms with E-state index in [-0.39, 0.29) is 11.5 Å². The van der Waals surface area contributed by atoms with Gasteiger partial charge in [-0.3, -0.25) is 4.99 Å². The van der Waals surface area contributed by atoms with Crippen molar-refractivity contribution in [2.45, 2.75) is 25.3 Å². The van der Waals surface area contributed by atoms with Crippen molar-refractivity contribution in [2.24, 2.45) is 10.7 Å². The molecule has 12 aromatic rings. The van der Waals surface area contributed by atoms with E-state index in [4.69, 9.17) is 10.7 Å². The van der Waals surface area contributed by atoms with Crippen LogP contribution in [-0.2, 0) is 5.41 Å². The highest BCUT2D eigenvalue weighted by molar-refractivity contribution is 7.26. The van der Waals surface area contributed by atoms with Crippen molar-refractivity contribution in [3.05, 3.63) is 246 Å². The second kappa shape index (κ2) is 16.4. The highest BCUT2D eigenvalue weighted by atomic mass is 32.1. The van der Waals surface area contributed by atoms with E-state index in [2.05, 4.69) is 208 Å². The maximum Gasteiger partial charge on any atom is 0.126 e. The van der Waals surface area contributed by atoms with Crippen LogP contribution in [0.25, 0.3) is 102 Å². The minimum absolute atomic E-state index is 0.0995. The molecule has 1 aliphatic rings. The van der Waals surface area contributed by atoms with Crippen LogP contribution in [0.2, 0.25) is 0 Å². The minimum Gasteiger partial charge on any atom is -0.383 e. The first-order valence-electron chi connectivity index (χ1n) is 23.7. The summed E-state index contributed by atoms with van der Waals surface area (Å²) in [6.45, 7) is 4.72. The molecular weight excluding hydrogens is 873 g/mol. The summed E-state index contributed by atoms with van der Waals surface area (Å²) >= 11 is 3.70. The first-order chi connectivity index (χ1) is 33.8. The van der Waals surface area contributed by atoms with Crippen molar-refractivity contribution in [3.63, 3.8) is 0 Å². The Balaban J connectivity index is 0.931. The third-order valence-corrected chi connectivity index (χ3v) is 16.6. The highest BCUT2D eigenvalue weighted by Gasteiger charge is 2.37. The van der Waals surface area contributed by atoms with Gasteiger partial charge in [0.2, 0.25) is 0 Å². The average Bonchev–Trinajstić information content (AvgIpc) is 4.03. The van der Waals surface area contributed by atoms with E-state index in [0.29, 0.717) is 5.84 Å². The maximum atomic E-state index is 6.94. The zero-order valence-electron chi connectivity index (χ0n) is 38.3. The Morgan fingerprint density at radius 1 is 0.464 bits per heavy atom. The van der Waals surface area contributed by atoms with Crippen molar-refractivity contribution >= 4 is 85.7 Å². The molecule has 2 N–H and O–H groups in total. The lowest BCUT2D eigenvalue weighted by Crippen LogP contribution is -2.14. The van der Waals surface area contributed by atoms with E-state index in [1.807, 2.05) is 53.0 Å². The fraction of sp³-hybridized carbons (Fsp3) is 0.0615. The normalized spacial score (nSPS) is 13.8. The number of fused-ring (bicyclic) bond motifs is 10. The lowest BCUT2D eigenvalue weighted by Gasteiger charge is -2.22. The molecule has 2 nitrogen and oxygen atoms in total. The van der Waals surface area contributed by atoms with Crippen molar-refractivity contribution in [1.29, 1.82) is 0 Å². The van der Waals surface area contributed by atoms with Crippen LogP contribution in [0.3, 0.4) is 0 Å². The summed E-state index contributed by atoms with van der Waals surface area (Å²) in [6.07, 6.45) is 4.42. The highest BCUT2D eigenvalue weighted by Crippen LogP contribution is 2.53. The summed E-state index contributed by atoms with van der Waals surface area (Å²) in [5.74, 6) is 0.499. The Labute approximate surface area is 410 Å². The predicted molar refractivity (Wildman–Crippen MR) is 299 cm³/mol. The molecule has 0 amide bonds. The molecule has 0 spiro atoms. The smallest absolute Gasteiger partial charge is 0.126 e. The number of nitrogens with two attached hydrogens (primary N) is 1. The van der Waals surface area contributed by atoms with Gasteiger partial charge < -0.3 is 5.73 Å². The lowest BCUT2D eigenvalue weighted by atomic mass is 9.81. The molecule has 2 heterocycles. The zero-order valence-corrected chi connectivity index (χ0v) is 39.9. The predicted octanol–water partition coefficient (Wildman–Crippen LogP) is 18.0. The molecule has 0 saturated heterocycles. The maximum absolute atomic E-state index is 6.94. The molecule has 0 aliphatic heterocycles. The average molecular weight is 919 g/mol. The van der Waals surface area contributed by atoms with Gasteiger partial charge in [0.15, 0.2) is 0 Å². The number of rotatable bonds is 8. The van der Waals surface area contributed by atoms with E-state index in [1.165, 1.54) is 95.6 Å². The number of hydrogen-bond donors (Lipinski definition) is 1. The monoisotopic (exact) mass is 918 g/mol. The van der Waals surface area contributed by atoms with Crippen LogP contribution in [0.15, 0.2) is 223 Å². The van der Waals surface area contributed by atoms with Crippen LogP contribution in [0, 0.1) is 0 Å². The van der Waals surface area contributed by atoms with Crippen LogP contribution < -0.4 is 5.73 Å². The molecule has 0 fully saturated rings. The summed E-state index contributed by atoms with van der Waals surface area (Å²) in [5.41, 5.74) is 22.4. The molecule has 69 heavy (non-hydrogen) atoms. The van der Waals surface area contributed by atoms with Crippen molar-refractivity contribution in [1.82, 2.24) is 0 Å². The minimum atomic E-state index is -0.383. The van der Waals surface area contributed by atoms with E-state index in [1.54, 1.807) is 0 Å². The van der Waals surface area contributed by atoms with Gasteiger partial charge in [-0.05, 0) is 144 Å². The first-order valence-corrected chi connectivity index (χ1v) is 25.3. The number of amidine groups is 1. The quantitative estimate of drug-likeness (QED) is 0.120. The molecule has 4 heteroatoms. The number of nitrogens with zero attached hydrogens (tertiary/aromatic N) is 1. The molecule has 1 atom stereocenters. The van der Waals surface area contributed by atoms with E-state index in [9.17, 15) is 0 Å². The zero-order chi connectivity index (χ0) is 46.2. The Bertz CT molecular complexity index is 3920. The van der Waals surface area contributed by atoms with Crippen LogP contribution >= 0.6 is 22.7 Å². The Hall–Kier alpha value is -7.89. The van der Waals surface area contributed by atoms with Crippen LogP contribution in [0.1, 0.15) is 47.7 Å². The van der Waals surface area contributed by atoms with Gasteiger partial charge in [0.05, 0.1) is 6.04 Å². The Morgan fingerprint density at radius 2 is 1.03 bits per heavy atom. The van der Waals surface area contributed by atoms with Crippen molar-refractivity contribution in [3.8, 4) is 44.5 Å². The van der Waals surface area contributed by atoms with Crippen LogP contribution in [-0.4, -0.2) is 5.84 Å². The fourth-order valence-electron chi connectivity index (χ4n) is 10.7. The lowest BCUT2D eigenvalue weighted by molar-refractivity contribution is 0.661. The molecule has 2 aromatic heterocycles. The topological polar surface area (TPSA) is 38.4 Å². The van der Waals surface area contributed by atoms with E-state index < -0.39 is 0 Å². The third kappa shape index (κ3) is 7.18. The third-order valence-electron chi connectivity index (χ3n) is 14.3. The van der Waals surface area contributed by atoms with Gasteiger partial charge in [-0.2, -0.15) is 0 Å². The Morgan fingerprint density at radius 3 is 1.68 bits per heavy atom. The van der Waals surface area contributed by atoms with Gasteiger partial charge in [-0.15, -0.1) is 22.7 Å². The summed E-state index contributed by atoms with van der Waals surface area (Å²) < 4.78 is 5.18.